The van der Waals surface area contributed by atoms with Crippen LogP contribution in [-0.2, 0) is 0 Å². The molecule has 1 heterocycles. The van der Waals surface area contributed by atoms with Crippen molar-refractivity contribution in [1.82, 2.24) is 9.89 Å². The lowest BCUT2D eigenvalue weighted by Crippen LogP contribution is -2.30. The number of hydrogen-bond donors (Lipinski definition) is 1. The Hall–Kier alpha value is -2.62. The predicted octanol–water partition coefficient (Wildman–Crippen LogP) is 2.39. The van der Waals surface area contributed by atoms with Gasteiger partial charge in [0.05, 0.1) is 5.39 Å². The van der Waals surface area contributed by atoms with Gasteiger partial charge in [0.1, 0.15) is 5.69 Å². The SMILES string of the molecule is Cc1ccc(-c2nn(N)c(=O)c3ccccc23)c(C)c1. The van der Waals surface area contributed by atoms with Crippen LogP contribution in [0, 0.1) is 13.8 Å². The molecule has 2 aromatic carbocycles. The van der Waals surface area contributed by atoms with Crippen LogP contribution in [0.3, 0.4) is 0 Å². The summed E-state index contributed by atoms with van der Waals surface area (Å²) >= 11 is 0. The van der Waals surface area contributed by atoms with E-state index in [1.165, 1.54) is 5.56 Å². The van der Waals surface area contributed by atoms with Crippen molar-refractivity contribution in [2.24, 2.45) is 0 Å². The number of fused-ring (bicyclic) bond motifs is 1. The summed E-state index contributed by atoms with van der Waals surface area (Å²) in [5.41, 5.74) is 3.75. The van der Waals surface area contributed by atoms with Crippen LogP contribution in [0.15, 0.2) is 47.3 Å². The maximum Gasteiger partial charge on any atom is 0.293 e. The van der Waals surface area contributed by atoms with Crippen molar-refractivity contribution >= 4 is 10.8 Å². The minimum Gasteiger partial charge on any atom is -0.320 e. The third-order valence-corrected chi connectivity index (χ3v) is 3.47. The van der Waals surface area contributed by atoms with Gasteiger partial charge in [0, 0.05) is 10.9 Å². The summed E-state index contributed by atoms with van der Waals surface area (Å²) in [7, 11) is 0. The second-order valence-corrected chi connectivity index (χ2v) is 4.96. The molecule has 0 saturated heterocycles. The van der Waals surface area contributed by atoms with E-state index in [-0.39, 0.29) is 5.56 Å². The van der Waals surface area contributed by atoms with E-state index in [4.69, 9.17) is 5.84 Å². The highest BCUT2D eigenvalue weighted by atomic mass is 16.1. The smallest absolute Gasteiger partial charge is 0.293 e. The van der Waals surface area contributed by atoms with Gasteiger partial charge in [-0.3, -0.25) is 4.79 Å². The fourth-order valence-electron chi connectivity index (χ4n) is 2.48. The van der Waals surface area contributed by atoms with E-state index < -0.39 is 0 Å². The zero-order chi connectivity index (χ0) is 14.3. The van der Waals surface area contributed by atoms with Crippen molar-refractivity contribution in [1.29, 1.82) is 0 Å². The molecule has 100 valence electrons. The molecule has 0 radical (unpaired) electrons. The molecule has 3 aromatic rings. The summed E-state index contributed by atoms with van der Waals surface area (Å²) in [5.74, 6) is 5.70. The van der Waals surface area contributed by atoms with Crippen molar-refractivity contribution in [3.05, 3.63) is 63.9 Å². The molecule has 0 aliphatic carbocycles. The van der Waals surface area contributed by atoms with Crippen LogP contribution in [0.4, 0.5) is 0 Å². The number of nitrogens with two attached hydrogens (primary N) is 1. The zero-order valence-electron chi connectivity index (χ0n) is 11.4. The van der Waals surface area contributed by atoms with Gasteiger partial charge in [-0.25, -0.2) is 0 Å². The first-order valence-electron chi connectivity index (χ1n) is 6.42. The lowest BCUT2D eigenvalue weighted by Gasteiger charge is -2.10. The molecule has 0 saturated carbocycles. The van der Waals surface area contributed by atoms with Gasteiger partial charge in [0.15, 0.2) is 0 Å². The van der Waals surface area contributed by atoms with E-state index in [0.717, 1.165) is 27.0 Å². The second kappa shape index (κ2) is 4.49. The molecule has 3 rings (SSSR count). The predicted molar refractivity (Wildman–Crippen MR) is 81.1 cm³/mol. The summed E-state index contributed by atoms with van der Waals surface area (Å²) in [6.45, 7) is 4.08. The first-order valence-corrected chi connectivity index (χ1v) is 6.42. The largest absolute Gasteiger partial charge is 0.320 e. The molecule has 0 aliphatic rings. The lowest BCUT2D eigenvalue weighted by molar-refractivity contribution is 0.780. The minimum absolute atomic E-state index is 0.283. The fourth-order valence-corrected chi connectivity index (χ4v) is 2.48. The molecular weight excluding hydrogens is 250 g/mol. The van der Waals surface area contributed by atoms with E-state index >= 15 is 0 Å². The van der Waals surface area contributed by atoms with Gasteiger partial charge in [-0.1, -0.05) is 42.0 Å². The standard InChI is InChI=1S/C16H15N3O/c1-10-7-8-12(11(2)9-10)15-13-5-3-4-6-14(13)16(20)19(17)18-15/h3-9H,17H2,1-2H3. The van der Waals surface area contributed by atoms with Gasteiger partial charge in [-0.2, -0.15) is 0 Å². The Bertz CT molecular complexity index is 865. The van der Waals surface area contributed by atoms with E-state index in [1.54, 1.807) is 6.07 Å². The van der Waals surface area contributed by atoms with Crippen LogP contribution in [-0.4, -0.2) is 9.89 Å². The van der Waals surface area contributed by atoms with E-state index in [1.807, 2.05) is 44.2 Å². The molecule has 2 N–H and O–H groups in total. The fraction of sp³-hybridized carbons (Fsp3) is 0.125. The van der Waals surface area contributed by atoms with Crippen molar-refractivity contribution in [2.75, 3.05) is 5.84 Å². The molecule has 0 aliphatic heterocycles. The van der Waals surface area contributed by atoms with E-state index in [9.17, 15) is 4.79 Å². The normalized spacial score (nSPS) is 10.9. The number of aryl methyl sites for hydroxylation is 2. The van der Waals surface area contributed by atoms with Crippen LogP contribution < -0.4 is 11.4 Å². The summed E-state index contributed by atoms with van der Waals surface area (Å²) in [6, 6.07) is 13.5. The van der Waals surface area contributed by atoms with Crippen LogP contribution >= 0.6 is 0 Å². The number of nitrogen functional groups attached to an aromatic ring is 1. The molecule has 0 amide bonds. The Morgan fingerprint density at radius 2 is 1.75 bits per heavy atom. The molecule has 0 unspecified atom stereocenters. The monoisotopic (exact) mass is 265 g/mol. The third kappa shape index (κ3) is 1.86. The van der Waals surface area contributed by atoms with Crippen molar-refractivity contribution < 1.29 is 0 Å². The topological polar surface area (TPSA) is 60.9 Å². The average molecular weight is 265 g/mol. The van der Waals surface area contributed by atoms with E-state index in [2.05, 4.69) is 11.2 Å². The van der Waals surface area contributed by atoms with E-state index in [0.29, 0.717) is 5.39 Å². The summed E-state index contributed by atoms with van der Waals surface area (Å²) in [6.07, 6.45) is 0. The maximum atomic E-state index is 12.0. The van der Waals surface area contributed by atoms with Gasteiger partial charge >= 0.3 is 0 Å². The molecule has 4 heteroatoms. The molecule has 0 atom stereocenters. The third-order valence-electron chi connectivity index (χ3n) is 3.47. The quantitative estimate of drug-likeness (QED) is 0.687. The first kappa shape index (κ1) is 12.4. The highest BCUT2D eigenvalue weighted by Gasteiger charge is 2.12. The van der Waals surface area contributed by atoms with Crippen LogP contribution in [0.25, 0.3) is 22.0 Å². The number of benzene rings is 2. The van der Waals surface area contributed by atoms with Crippen molar-refractivity contribution in [3.63, 3.8) is 0 Å². The summed E-state index contributed by atoms with van der Waals surface area (Å²) in [5, 5.41) is 5.65. The molecular formula is C16H15N3O. The molecule has 1 aromatic heterocycles. The highest BCUT2D eigenvalue weighted by molar-refractivity contribution is 5.94. The molecule has 20 heavy (non-hydrogen) atoms. The van der Waals surface area contributed by atoms with Gasteiger partial charge in [-0.15, -0.1) is 9.89 Å². The maximum absolute atomic E-state index is 12.0. The van der Waals surface area contributed by atoms with Gasteiger partial charge in [0.2, 0.25) is 0 Å². The highest BCUT2D eigenvalue weighted by Crippen LogP contribution is 2.27. The minimum atomic E-state index is -0.283. The van der Waals surface area contributed by atoms with Gasteiger partial charge in [-0.05, 0) is 25.5 Å². The zero-order valence-corrected chi connectivity index (χ0v) is 11.4. The van der Waals surface area contributed by atoms with Crippen molar-refractivity contribution in [3.8, 4) is 11.3 Å². The molecule has 0 bridgehead atoms. The summed E-state index contributed by atoms with van der Waals surface area (Å²) in [4.78, 5) is 12.9. The van der Waals surface area contributed by atoms with Gasteiger partial charge < -0.3 is 5.84 Å². The molecule has 0 spiro atoms. The Labute approximate surface area is 116 Å². The second-order valence-electron chi connectivity index (χ2n) is 4.96. The Kier molecular flexibility index (Phi) is 2.79. The lowest BCUT2D eigenvalue weighted by atomic mass is 9.99. The Morgan fingerprint density at radius 3 is 2.45 bits per heavy atom. The average Bonchev–Trinajstić information content (AvgIpc) is 2.43. The van der Waals surface area contributed by atoms with Gasteiger partial charge in [0.25, 0.3) is 5.56 Å². The van der Waals surface area contributed by atoms with Crippen LogP contribution in [0.1, 0.15) is 11.1 Å². The number of nitrogens with zero attached hydrogens (tertiary/aromatic N) is 2. The van der Waals surface area contributed by atoms with Crippen molar-refractivity contribution in [2.45, 2.75) is 13.8 Å². The Morgan fingerprint density at radius 1 is 1.05 bits per heavy atom. The number of hydrogen-bond acceptors (Lipinski definition) is 3. The molecule has 0 fully saturated rings. The first-order chi connectivity index (χ1) is 9.58. The molecule has 4 nitrogen and oxygen atoms in total. The van der Waals surface area contributed by atoms with Crippen LogP contribution in [0.2, 0.25) is 0 Å². The number of rotatable bonds is 1. The summed E-state index contributed by atoms with van der Waals surface area (Å²) < 4.78 is 0. The Balaban J connectivity index is 2.42. The van der Waals surface area contributed by atoms with Crippen LogP contribution in [0.5, 0.6) is 0 Å². The number of aromatic nitrogens is 2.